The van der Waals surface area contributed by atoms with Crippen LogP contribution in [0.4, 0.5) is 13.2 Å². The molecule has 1 heterocycles. The third-order valence-corrected chi connectivity index (χ3v) is 4.76. The minimum Gasteiger partial charge on any atom is -0.466 e. The van der Waals surface area contributed by atoms with Crippen LogP contribution in [0, 0.1) is 0 Å². The molecular formula is C19H18F3NO3. The van der Waals surface area contributed by atoms with Gasteiger partial charge in [-0.15, -0.1) is 0 Å². The molecule has 0 spiro atoms. The molecule has 0 bridgehead atoms. The number of hydrogen-bond acceptors (Lipinski definition) is 4. The Morgan fingerprint density at radius 3 is 2.58 bits per heavy atom. The molecule has 1 aromatic rings. The Morgan fingerprint density at radius 1 is 1.23 bits per heavy atom. The van der Waals surface area contributed by atoms with E-state index in [1.165, 1.54) is 25.3 Å². The van der Waals surface area contributed by atoms with Gasteiger partial charge in [-0.25, -0.2) is 4.79 Å². The van der Waals surface area contributed by atoms with Gasteiger partial charge in [0.25, 0.3) is 0 Å². The van der Waals surface area contributed by atoms with E-state index in [0.29, 0.717) is 24.2 Å². The summed E-state index contributed by atoms with van der Waals surface area (Å²) < 4.78 is 45.5. The lowest BCUT2D eigenvalue weighted by Crippen LogP contribution is -2.35. The molecule has 1 aliphatic carbocycles. The van der Waals surface area contributed by atoms with Gasteiger partial charge in [0.05, 0.1) is 18.2 Å². The Morgan fingerprint density at radius 2 is 1.92 bits per heavy atom. The van der Waals surface area contributed by atoms with Crippen molar-refractivity contribution in [2.75, 3.05) is 7.11 Å². The molecule has 2 aliphatic rings. The number of rotatable bonds is 2. The van der Waals surface area contributed by atoms with E-state index in [1.807, 2.05) is 0 Å². The largest absolute Gasteiger partial charge is 0.466 e. The molecule has 1 atom stereocenters. The number of ketones is 1. The summed E-state index contributed by atoms with van der Waals surface area (Å²) in [5.74, 6) is -2.08. The van der Waals surface area contributed by atoms with Crippen LogP contribution in [0.1, 0.15) is 43.2 Å². The maximum absolute atomic E-state index is 13.6. The Bertz CT molecular complexity index is 837. The molecule has 1 aromatic carbocycles. The van der Waals surface area contributed by atoms with Crippen LogP contribution in [0.5, 0.6) is 0 Å². The molecule has 26 heavy (non-hydrogen) atoms. The SMILES string of the molecule is COC(=O)C1=C(C)NC2=C(C(=O)CCC2)C1c1ccccc1C(F)(F)F. The highest BCUT2D eigenvalue weighted by Gasteiger charge is 2.43. The average Bonchev–Trinajstić information content (AvgIpc) is 2.59. The number of hydrogen-bond donors (Lipinski definition) is 1. The Kier molecular flexibility index (Phi) is 4.64. The number of carbonyl (C=O) groups excluding carboxylic acids is 2. The zero-order valence-corrected chi connectivity index (χ0v) is 14.4. The van der Waals surface area contributed by atoms with E-state index in [1.54, 1.807) is 6.92 Å². The van der Waals surface area contributed by atoms with E-state index in [0.717, 1.165) is 6.07 Å². The third-order valence-electron chi connectivity index (χ3n) is 4.76. The topological polar surface area (TPSA) is 55.4 Å². The molecule has 0 aromatic heterocycles. The minimum absolute atomic E-state index is 0.0400. The average molecular weight is 365 g/mol. The number of Topliss-reactive ketones (excluding diaryl/α,β-unsaturated/α-hetero) is 1. The standard InChI is InChI=1S/C19H18F3NO3/c1-10-15(18(25)26-2)16(17-13(23-10)8-5-9-14(17)24)11-6-3-4-7-12(11)19(20,21)22/h3-4,6-7,16,23H,5,8-9H2,1-2H3. The van der Waals surface area contributed by atoms with Crippen LogP contribution < -0.4 is 5.32 Å². The first-order valence-corrected chi connectivity index (χ1v) is 8.24. The van der Waals surface area contributed by atoms with Crippen molar-refractivity contribution < 1.29 is 27.5 Å². The second kappa shape index (κ2) is 6.63. The van der Waals surface area contributed by atoms with E-state index in [9.17, 15) is 22.8 Å². The van der Waals surface area contributed by atoms with Crippen molar-refractivity contribution in [1.29, 1.82) is 0 Å². The minimum atomic E-state index is -4.60. The maximum Gasteiger partial charge on any atom is 0.416 e. The smallest absolute Gasteiger partial charge is 0.416 e. The highest BCUT2D eigenvalue weighted by molar-refractivity contribution is 6.03. The number of carbonyl (C=O) groups is 2. The highest BCUT2D eigenvalue weighted by atomic mass is 19.4. The number of benzene rings is 1. The van der Waals surface area contributed by atoms with Crippen LogP contribution >= 0.6 is 0 Å². The number of dihydropyridines is 1. The zero-order valence-electron chi connectivity index (χ0n) is 14.4. The van der Waals surface area contributed by atoms with Crippen molar-refractivity contribution in [3.05, 3.63) is 57.9 Å². The summed E-state index contributed by atoms with van der Waals surface area (Å²) >= 11 is 0. The van der Waals surface area contributed by atoms with Gasteiger partial charge < -0.3 is 10.1 Å². The first-order chi connectivity index (χ1) is 12.3. The summed E-state index contributed by atoms with van der Waals surface area (Å²) in [5, 5.41) is 3.03. The van der Waals surface area contributed by atoms with Crippen molar-refractivity contribution in [3.8, 4) is 0 Å². The van der Waals surface area contributed by atoms with Gasteiger partial charge in [0.15, 0.2) is 5.78 Å². The van der Waals surface area contributed by atoms with E-state index in [4.69, 9.17) is 4.74 Å². The van der Waals surface area contributed by atoms with Gasteiger partial charge in [0, 0.05) is 29.3 Å². The van der Waals surface area contributed by atoms with Crippen molar-refractivity contribution >= 4 is 11.8 Å². The van der Waals surface area contributed by atoms with E-state index in [-0.39, 0.29) is 28.9 Å². The molecule has 1 N–H and O–H groups in total. The zero-order chi connectivity index (χ0) is 19.1. The fraction of sp³-hybridized carbons (Fsp3) is 0.368. The van der Waals surface area contributed by atoms with Crippen molar-refractivity contribution in [2.45, 2.75) is 38.3 Å². The van der Waals surface area contributed by atoms with Gasteiger partial charge >= 0.3 is 12.1 Å². The molecule has 138 valence electrons. The number of nitrogens with one attached hydrogen (secondary N) is 1. The normalized spacial score (nSPS) is 20.7. The monoisotopic (exact) mass is 365 g/mol. The molecule has 0 fully saturated rings. The summed E-state index contributed by atoms with van der Waals surface area (Å²) in [7, 11) is 1.17. The molecule has 3 rings (SSSR count). The first kappa shape index (κ1) is 18.2. The summed E-state index contributed by atoms with van der Waals surface area (Å²) in [6, 6.07) is 5.06. The third kappa shape index (κ3) is 3.02. The van der Waals surface area contributed by atoms with E-state index in [2.05, 4.69) is 5.32 Å². The predicted octanol–water partition coefficient (Wildman–Crippen LogP) is 3.85. The Balaban J connectivity index is 2.29. The fourth-order valence-electron chi connectivity index (χ4n) is 3.68. The number of ether oxygens (including phenoxy) is 1. The van der Waals surface area contributed by atoms with Crippen LogP contribution in [0.3, 0.4) is 0 Å². The molecule has 7 heteroatoms. The van der Waals surface area contributed by atoms with Crippen LogP contribution in [-0.2, 0) is 20.5 Å². The highest BCUT2D eigenvalue weighted by Crippen LogP contribution is 2.46. The quantitative estimate of drug-likeness (QED) is 0.809. The van der Waals surface area contributed by atoms with Gasteiger partial charge in [-0.2, -0.15) is 13.2 Å². The van der Waals surface area contributed by atoms with Crippen LogP contribution in [0.2, 0.25) is 0 Å². The lowest BCUT2D eigenvalue weighted by atomic mass is 9.74. The van der Waals surface area contributed by atoms with Gasteiger partial charge in [0.2, 0.25) is 0 Å². The summed E-state index contributed by atoms with van der Waals surface area (Å²) in [4.78, 5) is 25.0. The molecular weight excluding hydrogens is 347 g/mol. The van der Waals surface area contributed by atoms with Crippen molar-refractivity contribution in [3.63, 3.8) is 0 Å². The number of allylic oxidation sites excluding steroid dienone is 3. The van der Waals surface area contributed by atoms with Crippen LogP contribution in [0.25, 0.3) is 0 Å². The Hall–Kier alpha value is -2.57. The summed E-state index contributed by atoms with van der Waals surface area (Å²) in [6.45, 7) is 1.61. The summed E-state index contributed by atoms with van der Waals surface area (Å²) in [5.41, 5.74) is 0.313. The first-order valence-electron chi connectivity index (χ1n) is 8.24. The fourth-order valence-corrected chi connectivity index (χ4v) is 3.68. The lowest BCUT2D eigenvalue weighted by molar-refractivity contribution is -0.139. The number of alkyl halides is 3. The molecule has 4 nitrogen and oxygen atoms in total. The van der Waals surface area contributed by atoms with Crippen molar-refractivity contribution in [2.24, 2.45) is 0 Å². The number of esters is 1. The van der Waals surface area contributed by atoms with Crippen LogP contribution in [-0.4, -0.2) is 18.9 Å². The van der Waals surface area contributed by atoms with E-state index < -0.39 is 23.6 Å². The second-order valence-corrected chi connectivity index (χ2v) is 6.34. The molecule has 1 aliphatic heterocycles. The maximum atomic E-state index is 13.6. The summed E-state index contributed by atoms with van der Waals surface area (Å²) in [6.07, 6.45) is -3.18. The van der Waals surface area contributed by atoms with Gasteiger partial charge in [0.1, 0.15) is 0 Å². The Labute approximate surface area is 148 Å². The van der Waals surface area contributed by atoms with Gasteiger partial charge in [-0.3, -0.25) is 4.79 Å². The molecule has 0 saturated carbocycles. The van der Waals surface area contributed by atoms with Gasteiger partial charge in [-0.05, 0) is 31.4 Å². The van der Waals surface area contributed by atoms with Crippen LogP contribution in [0.15, 0.2) is 46.8 Å². The number of halogens is 3. The lowest BCUT2D eigenvalue weighted by Gasteiger charge is -2.35. The van der Waals surface area contributed by atoms with Crippen molar-refractivity contribution in [1.82, 2.24) is 5.32 Å². The second-order valence-electron chi connectivity index (χ2n) is 6.34. The molecule has 0 saturated heterocycles. The predicted molar refractivity (Wildman–Crippen MR) is 87.9 cm³/mol. The number of methoxy groups -OCH3 is 1. The molecule has 0 amide bonds. The molecule has 0 radical (unpaired) electrons. The molecule has 1 unspecified atom stereocenters. The van der Waals surface area contributed by atoms with E-state index >= 15 is 0 Å². The van der Waals surface area contributed by atoms with Gasteiger partial charge in [-0.1, -0.05) is 18.2 Å².